The molecule has 0 heterocycles. The summed E-state index contributed by atoms with van der Waals surface area (Å²) < 4.78 is 0. The molecule has 0 bridgehead atoms. The van der Waals surface area contributed by atoms with Gasteiger partial charge in [0, 0.05) is 11.5 Å². The molecule has 17 heavy (non-hydrogen) atoms. The summed E-state index contributed by atoms with van der Waals surface area (Å²) in [6.07, 6.45) is -0.0543. The SMILES string of the molecule is CC(C)C(C)C(=O)NC(C)(CC(=O)O)C(C)C. The standard InChI is InChI=1S/C13H25NO3/c1-8(2)10(5)12(17)14-13(6,9(3)4)7-11(15)16/h8-10H,7H2,1-6H3,(H,14,17)(H,15,16). The van der Waals surface area contributed by atoms with Crippen LogP contribution in [0.5, 0.6) is 0 Å². The van der Waals surface area contributed by atoms with E-state index in [2.05, 4.69) is 5.32 Å². The summed E-state index contributed by atoms with van der Waals surface area (Å²) in [5.74, 6) is -0.754. The van der Waals surface area contributed by atoms with Crippen molar-refractivity contribution in [3.8, 4) is 0 Å². The van der Waals surface area contributed by atoms with Crippen LogP contribution < -0.4 is 5.32 Å². The molecule has 2 N–H and O–H groups in total. The fraction of sp³-hybridized carbons (Fsp3) is 0.846. The normalized spacial score (nSPS) is 16.7. The van der Waals surface area contributed by atoms with Gasteiger partial charge in [-0.1, -0.05) is 34.6 Å². The highest BCUT2D eigenvalue weighted by Gasteiger charge is 2.34. The number of rotatable bonds is 6. The zero-order valence-electron chi connectivity index (χ0n) is 11.7. The van der Waals surface area contributed by atoms with Crippen LogP contribution in [0.25, 0.3) is 0 Å². The molecule has 0 fully saturated rings. The fourth-order valence-corrected chi connectivity index (χ4v) is 1.40. The van der Waals surface area contributed by atoms with Crippen LogP contribution in [0.1, 0.15) is 48.0 Å². The first-order chi connectivity index (χ1) is 7.60. The predicted molar refractivity (Wildman–Crippen MR) is 67.6 cm³/mol. The maximum absolute atomic E-state index is 12.0. The lowest BCUT2D eigenvalue weighted by molar-refractivity contribution is -0.140. The van der Waals surface area contributed by atoms with E-state index in [1.165, 1.54) is 0 Å². The van der Waals surface area contributed by atoms with Crippen LogP contribution in [0, 0.1) is 17.8 Å². The smallest absolute Gasteiger partial charge is 0.305 e. The summed E-state index contributed by atoms with van der Waals surface area (Å²) in [6, 6.07) is 0. The Kier molecular flexibility index (Phi) is 5.66. The van der Waals surface area contributed by atoms with Crippen molar-refractivity contribution >= 4 is 11.9 Å². The number of carboxylic acids is 1. The second-order valence-corrected chi connectivity index (χ2v) is 5.66. The van der Waals surface area contributed by atoms with Crippen LogP contribution in [0.15, 0.2) is 0 Å². The number of nitrogens with one attached hydrogen (secondary N) is 1. The summed E-state index contributed by atoms with van der Waals surface area (Å²) in [4.78, 5) is 22.8. The third-order valence-corrected chi connectivity index (χ3v) is 3.62. The van der Waals surface area contributed by atoms with E-state index in [1.807, 2.05) is 34.6 Å². The minimum atomic E-state index is -0.890. The third-order valence-electron chi connectivity index (χ3n) is 3.62. The maximum atomic E-state index is 12.0. The van der Waals surface area contributed by atoms with Crippen LogP contribution >= 0.6 is 0 Å². The Morgan fingerprint density at radius 2 is 1.65 bits per heavy atom. The molecule has 4 nitrogen and oxygen atoms in total. The molecule has 0 aromatic carbocycles. The van der Waals surface area contributed by atoms with Crippen molar-refractivity contribution in [3.63, 3.8) is 0 Å². The summed E-state index contributed by atoms with van der Waals surface area (Å²) in [7, 11) is 0. The number of amides is 1. The minimum absolute atomic E-state index is 0.0543. The maximum Gasteiger partial charge on any atom is 0.305 e. The van der Waals surface area contributed by atoms with Crippen molar-refractivity contribution < 1.29 is 14.7 Å². The van der Waals surface area contributed by atoms with Crippen molar-refractivity contribution in [2.45, 2.75) is 53.5 Å². The van der Waals surface area contributed by atoms with Crippen molar-refractivity contribution in [1.82, 2.24) is 5.32 Å². The van der Waals surface area contributed by atoms with E-state index in [9.17, 15) is 9.59 Å². The van der Waals surface area contributed by atoms with Crippen LogP contribution in [0.3, 0.4) is 0 Å². The number of carbonyl (C=O) groups is 2. The van der Waals surface area contributed by atoms with Crippen LogP contribution in [-0.2, 0) is 9.59 Å². The lowest BCUT2D eigenvalue weighted by Crippen LogP contribution is -2.53. The topological polar surface area (TPSA) is 66.4 Å². The van der Waals surface area contributed by atoms with E-state index in [1.54, 1.807) is 6.92 Å². The third kappa shape index (κ3) is 4.75. The van der Waals surface area contributed by atoms with Crippen molar-refractivity contribution in [1.29, 1.82) is 0 Å². The van der Waals surface area contributed by atoms with E-state index in [-0.39, 0.29) is 30.1 Å². The molecule has 100 valence electrons. The van der Waals surface area contributed by atoms with Gasteiger partial charge in [-0.3, -0.25) is 9.59 Å². The van der Waals surface area contributed by atoms with Gasteiger partial charge in [0.05, 0.1) is 6.42 Å². The Balaban J connectivity index is 4.77. The van der Waals surface area contributed by atoms with Gasteiger partial charge in [-0.2, -0.15) is 0 Å². The molecular formula is C13H25NO3. The Hall–Kier alpha value is -1.06. The molecule has 1 amide bonds. The molecule has 0 rings (SSSR count). The molecule has 2 unspecified atom stereocenters. The molecule has 0 aliphatic rings. The number of carboxylic acid groups (broad SMARTS) is 1. The zero-order valence-corrected chi connectivity index (χ0v) is 11.7. The largest absolute Gasteiger partial charge is 0.481 e. The van der Waals surface area contributed by atoms with E-state index in [0.717, 1.165) is 0 Å². The molecule has 0 aliphatic heterocycles. The van der Waals surface area contributed by atoms with E-state index >= 15 is 0 Å². The van der Waals surface area contributed by atoms with Gasteiger partial charge in [-0.25, -0.2) is 0 Å². The molecule has 0 spiro atoms. The second-order valence-electron chi connectivity index (χ2n) is 5.66. The number of aliphatic carboxylic acids is 1. The molecule has 0 aromatic rings. The van der Waals surface area contributed by atoms with Crippen LogP contribution in [-0.4, -0.2) is 22.5 Å². The molecular weight excluding hydrogens is 218 g/mol. The van der Waals surface area contributed by atoms with E-state index in [4.69, 9.17) is 5.11 Å². The Bertz CT molecular complexity index is 286. The number of hydrogen-bond acceptors (Lipinski definition) is 2. The highest BCUT2D eigenvalue weighted by atomic mass is 16.4. The Morgan fingerprint density at radius 3 is 1.94 bits per heavy atom. The summed E-state index contributed by atoms with van der Waals surface area (Å²) in [6.45, 7) is 11.5. The predicted octanol–water partition coefficient (Wildman–Crippen LogP) is 2.28. The van der Waals surface area contributed by atoms with E-state index < -0.39 is 11.5 Å². The molecule has 0 aromatic heterocycles. The van der Waals surface area contributed by atoms with Crippen molar-refractivity contribution in [2.75, 3.05) is 0 Å². The quantitative estimate of drug-likeness (QED) is 0.752. The van der Waals surface area contributed by atoms with Gasteiger partial charge in [-0.05, 0) is 18.8 Å². The average Bonchev–Trinajstić information content (AvgIpc) is 2.14. The lowest BCUT2D eigenvalue weighted by atomic mass is 9.84. The molecule has 0 saturated heterocycles. The number of hydrogen-bond donors (Lipinski definition) is 2. The van der Waals surface area contributed by atoms with Gasteiger partial charge in [0.15, 0.2) is 0 Å². The molecule has 0 aliphatic carbocycles. The van der Waals surface area contributed by atoms with Crippen LogP contribution in [0.2, 0.25) is 0 Å². The molecule has 4 heteroatoms. The average molecular weight is 243 g/mol. The van der Waals surface area contributed by atoms with Gasteiger partial charge in [0.2, 0.25) is 5.91 Å². The Labute approximate surface area is 104 Å². The van der Waals surface area contributed by atoms with Gasteiger partial charge >= 0.3 is 5.97 Å². The zero-order chi connectivity index (χ0) is 13.8. The van der Waals surface area contributed by atoms with Gasteiger partial charge in [-0.15, -0.1) is 0 Å². The summed E-state index contributed by atoms with van der Waals surface area (Å²) >= 11 is 0. The minimum Gasteiger partial charge on any atom is -0.481 e. The van der Waals surface area contributed by atoms with E-state index in [0.29, 0.717) is 0 Å². The Morgan fingerprint density at radius 1 is 1.18 bits per heavy atom. The summed E-state index contributed by atoms with van der Waals surface area (Å²) in [5, 5.41) is 11.8. The monoisotopic (exact) mass is 243 g/mol. The second kappa shape index (κ2) is 6.03. The van der Waals surface area contributed by atoms with Gasteiger partial charge < -0.3 is 10.4 Å². The first-order valence-electron chi connectivity index (χ1n) is 6.14. The molecule has 2 atom stereocenters. The number of carbonyl (C=O) groups excluding carboxylic acids is 1. The van der Waals surface area contributed by atoms with Crippen molar-refractivity contribution in [3.05, 3.63) is 0 Å². The van der Waals surface area contributed by atoms with Crippen LogP contribution in [0.4, 0.5) is 0 Å². The molecule has 0 radical (unpaired) electrons. The highest BCUT2D eigenvalue weighted by molar-refractivity contribution is 5.80. The highest BCUT2D eigenvalue weighted by Crippen LogP contribution is 2.22. The lowest BCUT2D eigenvalue weighted by Gasteiger charge is -2.35. The van der Waals surface area contributed by atoms with Gasteiger partial charge in [0.25, 0.3) is 0 Å². The van der Waals surface area contributed by atoms with Crippen molar-refractivity contribution in [2.24, 2.45) is 17.8 Å². The molecule has 0 saturated carbocycles. The van der Waals surface area contributed by atoms with Gasteiger partial charge in [0.1, 0.15) is 0 Å². The summed E-state index contributed by atoms with van der Waals surface area (Å²) in [5.41, 5.74) is -0.688. The first-order valence-corrected chi connectivity index (χ1v) is 6.14. The fourth-order valence-electron chi connectivity index (χ4n) is 1.40. The first kappa shape index (κ1) is 15.9.